The van der Waals surface area contributed by atoms with Crippen molar-refractivity contribution in [2.45, 2.75) is 63.3 Å². The van der Waals surface area contributed by atoms with Crippen LogP contribution in [0.3, 0.4) is 0 Å². The van der Waals surface area contributed by atoms with Gasteiger partial charge in [-0.3, -0.25) is 4.98 Å². The third kappa shape index (κ3) is 5.41. The molecule has 1 aliphatic heterocycles. The molecular weight excluding hydrogens is 528 g/mol. The average molecular weight is 563 g/mol. The Labute approximate surface area is 239 Å². The van der Waals surface area contributed by atoms with Crippen LogP contribution in [0.1, 0.15) is 58.9 Å². The van der Waals surface area contributed by atoms with Crippen LogP contribution in [0.15, 0.2) is 43.2 Å². The highest BCUT2D eigenvalue weighted by Crippen LogP contribution is 2.39. The van der Waals surface area contributed by atoms with Gasteiger partial charge in [-0.25, -0.2) is 4.98 Å². The van der Waals surface area contributed by atoms with Crippen molar-refractivity contribution >= 4 is 22.5 Å². The van der Waals surface area contributed by atoms with Gasteiger partial charge < -0.3 is 33.8 Å². The molecule has 13 nitrogen and oxygen atoms in total. The predicted octanol–water partition coefficient (Wildman–Crippen LogP) is 4.24. The summed E-state index contributed by atoms with van der Waals surface area (Å²) in [6, 6.07) is 3.81. The molecule has 4 aromatic rings. The van der Waals surface area contributed by atoms with E-state index in [0.717, 1.165) is 44.3 Å². The van der Waals surface area contributed by atoms with E-state index in [1.54, 1.807) is 12.3 Å². The number of morpholine rings is 1. The van der Waals surface area contributed by atoms with E-state index in [4.69, 9.17) is 21.9 Å². The number of rotatable bonds is 9. The minimum absolute atomic E-state index is 0.0534. The maximum atomic E-state index is 11.9. The standard InChI is InChI=1S/C28H32N8O5/c37-36(38)28-19(15-31-35(28)21-1-2-21)17-40-23-13-24-25(30-16-23)14-26(33-9-11-39-12-10-33)32-27(24)41-22-5-3-20(4-6-22)34-8-7-29-18-34/h7-8,13-16,18,20-22H,1-6,9-12,17H2/i17D2. The minimum Gasteiger partial charge on any atom is -0.487 e. The van der Waals surface area contributed by atoms with Crippen molar-refractivity contribution in [3.8, 4) is 11.6 Å². The summed E-state index contributed by atoms with van der Waals surface area (Å²) in [5, 5.41) is 16.5. The van der Waals surface area contributed by atoms with E-state index in [-0.39, 0.29) is 23.5 Å². The van der Waals surface area contributed by atoms with Gasteiger partial charge in [0, 0.05) is 37.6 Å². The SMILES string of the molecule is [2H]C([2H])(Oc1cnc2cc(N3CCOCC3)nc(OC3CCC(n4ccnc4)CC3)c2c1)c1cnn(C2CC2)c1[N+](=O)[O-]. The number of pyridine rings is 2. The zero-order chi connectivity index (χ0) is 29.6. The van der Waals surface area contributed by atoms with Crippen LogP contribution in [0.4, 0.5) is 11.6 Å². The molecule has 1 saturated heterocycles. The molecular formula is C28H32N8O5. The third-order valence-electron chi connectivity index (χ3n) is 7.92. The zero-order valence-corrected chi connectivity index (χ0v) is 22.5. The number of hydrogen-bond acceptors (Lipinski definition) is 10. The summed E-state index contributed by atoms with van der Waals surface area (Å²) in [6.07, 6.45) is 13.3. The van der Waals surface area contributed by atoms with E-state index in [0.29, 0.717) is 49.1 Å². The summed E-state index contributed by atoms with van der Waals surface area (Å²) in [6.45, 7) is 0.0734. The molecule has 0 bridgehead atoms. The Bertz CT molecular complexity index is 1610. The van der Waals surface area contributed by atoms with Gasteiger partial charge in [-0.05, 0) is 49.5 Å². The normalized spacial score (nSPS) is 22.3. The van der Waals surface area contributed by atoms with E-state index < -0.39 is 17.3 Å². The smallest absolute Gasteiger partial charge is 0.351 e. The monoisotopic (exact) mass is 562 g/mol. The Hall–Kier alpha value is -4.26. The molecule has 4 aromatic heterocycles. The fourth-order valence-electron chi connectivity index (χ4n) is 5.58. The number of nitro groups is 1. The van der Waals surface area contributed by atoms with E-state index in [1.807, 2.05) is 18.6 Å². The lowest BCUT2D eigenvalue weighted by Gasteiger charge is -2.31. The molecule has 2 aliphatic carbocycles. The van der Waals surface area contributed by atoms with E-state index in [9.17, 15) is 10.1 Å². The van der Waals surface area contributed by atoms with Crippen molar-refractivity contribution in [2.24, 2.45) is 0 Å². The highest BCUT2D eigenvalue weighted by Gasteiger charge is 2.36. The molecule has 0 unspecified atom stereocenters. The van der Waals surface area contributed by atoms with Crippen molar-refractivity contribution in [1.29, 1.82) is 0 Å². The summed E-state index contributed by atoms with van der Waals surface area (Å²) in [7, 11) is 0. The van der Waals surface area contributed by atoms with Crippen molar-refractivity contribution in [2.75, 3.05) is 31.2 Å². The Morgan fingerprint density at radius 2 is 1.90 bits per heavy atom. The quantitative estimate of drug-likeness (QED) is 0.215. The average Bonchev–Trinajstić information content (AvgIpc) is 3.49. The van der Waals surface area contributed by atoms with E-state index in [2.05, 4.69) is 24.5 Å². The Balaban J connectivity index is 1.18. The Morgan fingerprint density at radius 1 is 1.10 bits per heavy atom. The molecule has 0 spiro atoms. The predicted molar refractivity (Wildman–Crippen MR) is 148 cm³/mol. The molecule has 5 heterocycles. The Morgan fingerprint density at radius 3 is 2.63 bits per heavy atom. The summed E-state index contributed by atoms with van der Waals surface area (Å²) in [5.74, 6) is 0.836. The molecule has 0 aromatic carbocycles. The number of aromatic nitrogens is 6. The first-order valence-electron chi connectivity index (χ1n) is 15.0. The van der Waals surface area contributed by atoms with Crippen LogP contribution in [0.25, 0.3) is 10.9 Å². The second-order valence-corrected chi connectivity index (χ2v) is 10.7. The van der Waals surface area contributed by atoms with Crippen molar-refractivity contribution < 1.29 is 21.9 Å². The van der Waals surface area contributed by atoms with E-state index >= 15 is 0 Å². The van der Waals surface area contributed by atoms with Crippen molar-refractivity contribution in [1.82, 2.24) is 29.3 Å². The number of nitrogens with zero attached hydrogens (tertiary/aromatic N) is 8. The molecule has 0 N–H and O–H groups in total. The first-order chi connectivity index (χ1) is 20.9. The van der Waals surface area contributed by atoms with Gasteiger partial charge in [-0.15, -0.1) is 4.68 Å². The molecule has 3 aliphatic rings. The molecule has 0 atom stereocenters. The fourth-order valence-corrected chi connectivity index (χ4v) is 5.58. The van der Waals surface area contributed by atoms with E-state index in [1.165, 1.54) is 17.1 Å². The number of fused-ring (bicyclic) bond motifs is 1. The molecule has 2 saturated carbocycles. The number of imidazole rings is 1. The highest BCUT2D eigenvalue weighted by molar-refractivity contribution is 5.87. The van der Waals surface area contributed by atoms with Gasteiger partial charge in [0.1, 0.15) is 35.8 Å². The third-order valence-corrected chi connectivity index (χ3v) is 7.92. The lowest BCUT2D eigenvalue weighted by molar-refractivity contribution is -0.393. The molecule has 3 fully saturated rings. The van der Waals surface area contributed by atoms with Crippen molar-refractivity contribution in [3.05, 3.63) is 58.9 Å². The van der Waals surface area contributed by atoms with Gasteiger partial charge in [0.15, 0.2) is 0 Å². The number of anilines is 1. The summed E-state index contributed by atoms with van der Waals surface area (Å²) >= 11 is 0. The van der Waals surface area contributed by atoms with Gasteiger partial charge in [-0.1, -0.05) is 5.10 Å². The van der Waals surface area contributed by atoms with Crippen LogP contribution in [0.2, 0.25) is 0 Å². The number of ether oxygens (including phenoxy) is 3. The van der Waals surface area contributed by atoms with Crippen LogP contribution in [0.5, 0.6) is 11.6 Å². The van der Waals surface area contributed by atoms with Gasteiger partial charge in [0.05, 0.1) is 45.6 Å². The van der Waals surface area contributed by atoms with Crippen LogP contribution in [-0.2, 0) is 11.3 Å². The maximum Gasteiger partial charge on any atom is 0.351 e. The van der Waals surface area contributed by atoms with Crippen LogP contribution in [0, 0.1) is 10.1 Å². The molecule has 13 heteroatoms. The van der Waals surface area contributed by atoms with Crippen LogP contribution in [-0.4, -0.2) is 66.6 Å². The summed E-state index contributed by atoms with van der Waals surface area (Å²) in [4.78, 5) is 27.0. The molecule has 41 heavy (non-hydrogen) atoms. The fraction of sp³-hybridized carbons (Fsp3) is 0.500. The number of hydrogen-bond donors (Lipinski definition) is 0. The van der Waals surface area contributed by atoms with Gasteiger partial charge in [0.25, 0.3) is 0 Å². The van der Waals surface area contributed by atoms with Gasteiger partial charge in [0.2, 0.25) is 5.88 Å². The second-order valence-electron chi connectivity index (χ2n) is 10.7. The molecule has 7 rings (SSSR count). The minimum atomic E-state index is -2.53. The first-order valence-corrected chi connectivity index (χ1v) is 14.0. The summed E-state index contributed by atoms with van der Waals surface area (Å²) in [5.41, 5.74) is 0.385. The highest BCUT2D eigenvalue weighted by atomic mass is 16.6. The van der Waals surface area contributed by atoms with Crippen molar-refractivity contribution in [3.63, 3.8) is 0 Å². The lowest BCUT2D eigenvalue weighted by atomic mass is 9.93. The topological polar surface area (TPSA) is 135 Å². The molecule has 0 amide bonds. The maximum absolute atomic E-state index is 11.9. The second kappa shape index (κ2) is 11.0. The van der Waals surface area contributed by atoms with Gasteiger partial charge >= 0.3 is 5.82 Å². The summed E-state index contributed by atoms with van der Waals surface area (Å²) < 4.78 is 38.4. The van der Waals surface area contributed by atoms with Gasteiger partial charge in [-0.2, -0.15) is 4.98 Å². The Kier molecular flexibility index (Phi) is 6.27. The molecule has 0 radical (unpaired) electrons. The first kappa shape index (κ1) is 23.4. The van der Waals surface area contributed by atoms with Crippen LogP contribution < -0.4 is 14.4 Å². The lowest BCUT2D eigenvalue weighted by Crippen LogP contribution is -2.36. The molecule has 214 valence electrons. The largest absolute Gasteiger partial charge is 0.487 e. The van der Waals surface area contributed by atoms with Crippen LogP contribution >= 0.6 is 0 Å². The zero-order valence-electron chi connectivity index (χ0n) is 24.5.